The summed E-state index contributed by atoms with van der Waals surface area (Å²) in [6.45, 7) is 5.40. The molecule has 0 aliphatic rings. The van der Waals surface area contributed by atoms with Crippen LogP contribution in [0.3, 0.4) is 0 Å². The molecule has 1 aromatic rings. The molecule has 0 spiro atoms. The van der Waals surface area contributed by atoms with E-state index in [0.29, 0.717) is 5.56 Å². The summed E-state index contributed by atoms with van der Waals surface area (Å²) in [7, 11) is 0. The summed E-state index contributed by atoms with van der Waals surface area (Å²) in [5.74, 6) is -1.72. The zero-order chi connectivity index (χ0) is 11.6. The number of carboxylic acid groups (broad SMARTS) is 1. The maximum Gasteiger partial charge on any atom is 1.00 e. The molecule has 16 heavy (non-hydrogen) atoms. The maximum absolute atomic E-state index is 10.7. The Morgan fingerprint density at radius 2 is 1.75 bits per heavy atom. The molecule has 82 valence electrons. The summed E-state index contributed by atoms with van der Waals surface area (Å²) in [5, 5.41) is 20.6. The number of hydrogen-bond donors (Lipinski definition) is 1. The number of carbonyl (C=O) groups excluding carboxylic acids is 1. The number of aromatic hydroxyl groups is 1. The zero-order valence-electron chi connectivity index (χ0n) is 10.2. The van der Waals surface area contributed by atoms with E-state index in [-0.39, 0.29) is 41.2 Å². The Morgan fingerprint density at radius 3 is 2.19 bits per heavy atom. The molecule has 4 heteroatoms. The number of para-hydroxylation sites is 1. The van der Waals surface area contributed by atoms with Gasteiger partial charge in [-0.15, -0.1) is 0 Å². The van der Waals surface area contributed by atoms with E-state index < -0.39 is 11.9 Å². The average molecular weight is 230 g/mol. The van der Waals surface area contributed by atoms with Gasteiger partial charge >= 0.3 is 29.6 Å². The zero-order valence-corrected chi connectivity index (χ0v) is 12.2. The van der Waals surface area contributed by atoms with Gasteiger partial charge in [0.25, 0.3) is 0 Å². The number of carbonyl (C=O) groups is 1. The number of benzene rings is 1. The van der Waals surface area contributed by atoms with Crippen LogP contribution in [0.5, 0.6) is 5.75 Å². The minimum atomic E-state index is -1.17. The van der Waals surface area contributed by atoms with Crippen molar-refractivity contribution in [2.75, 3.05) is 0 Å². The van der Waals surface area contributed by atoms with E-state index in [1.807, 2.05) is 13.8 Å². The minimum absolute atomic E-state index is 0. The van der Waals surface area contributed by atoms with E-state index in [1.165, 1.54) is 6.92 Å². The Bertz CT molecular complexity index is 375. The summed E-state index contributed by atoms with van der Waals surface area (Å²) in [4.78, 5) is 10.7. The van der Waals surface area contributed by atoms with Gasteiger partial charge in [-0.05, 0) is 11.5 Å². The molecule has 3 nitrogen and oxygen atoms in total. The van der Waals surface area contributed by atoms with Gasteiger partial charge in [-0.2, -0.15) is 0 Å². The third-order valence-corrected chi connectivity index (χ3v) is 2.54. The third-order valence-electron chi connectivity index (χ3n) is 2.54. The molecule has 1 aromatic carbocycles. The summed E-state index contributed by atoms with van der Waals surface area (Å²) in [5.41, 5.74) is 1.18. The molecule has 1 atom stereocenters. The van der Waals surface area contributed by atoms with E-state index in [4.69, 9.17) is 0 Å². The van der Waals surface area contributed by atoms with Crippen LogP contribution in [-0.2, 0) is 4.79 Å². The predicted molar refractivity (Wildman–Crippen MR) is 55.6 cm³/mol. The molecule has 0 fully saturated rings. The van der Waals surface area contributed by atoms with Crippen LogP contribution in [0.15, 0.2) is 18.2 Å². The molecule has 1 unspecified atom stereocenters. The van der Waals surface area contributed by atoms with Crippen molar-refractivity contribution in [2.45, 2.75) is 32.6 Å². The molecule has 0 saturated heterocycles. The number of rotatable bonds is 3. The maximum atomic E-state index is 10.7. The molecule has 0 bridgehead atoms. The second-order valence-electron chi connectivity index (χ2n) is 3.98. The Balaban J connectivity index is 0.00000225. The van der Waals surface area contributed by atoms with Crippen LogP contribution < -0.4 is 34.7 Å². The van der Waals surface area contributed by atoms with Crippen molar-refractivity contribution < 1.29 is 44.6 Å². The number of phenols is 1. The minimum Gasteiger partial charge on any atom is -0.550 e. The van der Waals surface area contributed by atoms with E-state index >= 15 is 0 Å². The first kappa shape index (κ1) is 15.5. The van der Waals surface area contributed by atoms with Gasteiger partial charge < -0.3 is 15.0 Å². The fourth-order valence-electron chi connectivity index (χ4n) is 1.52. The van der Waals surface area contributed by atoms with Gasteiger partial charge in [0.05, 0.1) is 0 Å². The monoisotopic (exact) mass is 230 g/mol. The van der Waals surface area contributed by atoms with Gasteiger partial charge in [0.2, 0.25) is 0 Å². The van der Waals surface area contributed by atoms with E-state index in [2.05, 4.69) is 0 Å². The SMILES string of the molecule is CC(C)c1cccc(C(C)C(=O)[O-])c1O.[Na+]. The first-order chi connectivity index (χ1) is 6.95. The topological polar surface area (TPSA) is 60.4 Å². The van der Waals surface area contributed by atoms with Crippen LogP contribution >= 0.6 is 0 Å². The van der Waals surface area contributed by atoms with Gasteiger partial charge in [-0.3, -0.25) is 0 Å². The summed E-state index contributed by atoms with van der Waals surface area (Å²) >= 11 is 0. The van der Waals surface area contributed by atoms with Crippen molar-refractivity contribution in [3.05, 3.63) is 29.3 Å². The fraction of sp³-hybridized carbons (Fsp3) is 0.417. The standard InChI is InChI=1S/C12H16O3.Na/c1-7(2)9-5-4-6-10(11(9)13)8(3)12(14)15;/h4-8,13H,1-3H3,(H,14,15);/q;+1/p-1. The first-order valence-electron chi connectivity index (χ1n) is 4.97. The van der Waals surface area contributed by atoms with Crippen molar-refractivity contribution in [1.82, 2.24) is 0 Å². The quantitative estimate of drug-likeness (QED) is 0.634. The normalized spacial score (nSPS) is 12.0. The second kappa shape index (κ2) is 6.28. The molecule has 0 amide bonds. The van der Waals surface area contributed by atoms with Gasteiger partial charge in [0.1, 0.15) is 5.75 Å². The largest absolute Gasteiger partial charge is 1.00 e. The molecule has 1 N–H and O–H groups in total. The molecule has 0 radical (unpaired) electrons. The molecular weight excluding hydrogens is 215 g/mol. The molecule has 0 aliphatic heterocycles. The molecule has 1 rings (SSSR count). The van der Waals surface area contributed by atoms with Crippen molar-refractivity contribution in [3.63, 3.8) is 0 Å². The predicted octanol–water partition coefficient (Wildman–Crippen LogP) is -1.63. The second-order valence-corrected chi connectivity index (χ2v) is 3.98. The van der Waals surface area contributed by atoms with Gasteiger partial charge in [0, 0.05) is 17.5 Å². The van der Waals surface area contributed by atoms with Crippen LogP contribution in [-0.4, -0.2) is 11.1 Å². The molecule has 0 saturated carbocycles. The van der Waals surface area contributed by atoms with Crippen molar-refractivity contribution >= 4 is 5.97 Å². The number of carboxylic acids is 1. The van der Waals surface area contributed by atoms with Crippen molar-refractivity contribution in [3.8, 4) is 5.75 Å². The van der Waals surface area contributed by atoms with Gasteiger partial charge in [-0.25, -0.2) is 0 Å². The first-order valence-corrected chi connectivity index (χ1v) is 4.97. The van der Waals surface area contributed by atoms with Crippen LogP contribution in [0.25, 0.3) is 0 Å². The van der Waals surface area contributed by atoms with E-state index in [9.17, 15) is 15.0 Å². The van der Waals surface area contributed by atoms with Crippen molar-refractivity contribution in [2.24, 2.45) is 0 Å². The average Bonchev–Trinajstić information content (AvgIpc) is 2.16. The third kappa shape index (κ3) is 3.24. The summed E-state index contributed by atoms with van der Waals surface area (Å²) < 4.78 is 0. The number of phenolic OH excluding ortho intramolecular Hbond substituents is 1. The molecule has 0 aliphatic carbocycles. The summed E-state index contributed by atoms with van der Waals surface area (Å²) in [6.07, 6.45) is 0. The Hall–Kier alpha value is -0.510. The van der Waals surface area contributed by atoms with Crippen molar-refractivity contribution in [1.29, 1.82) is 0 Å². The van der Waals surface area contributed by atoms with Crippen LogP contribution in [0.1, 0.15) is 43.7 Å². The van der Waals surface area contributed by atoms with E-state index in [0.717, 1.165) is 5.56 Å². The Labute approximate surface area is 118 Å². The van der Waals surface area contributed by atoms with Gasteiger partial charge in [0.15, 0.2) is 0 Å². The van der Waals surface area contributed by atoms with Crippen LogP contribution in [0.4, 0.5) is 0 Å². The smallest absolute Gasteiger partial charge is 0.550 e. The van der Waals surface area contributed by atoms with Crippen LogP contribution in [0.2, 0.25) is 0 Å². The fourth-order valence-corrected chi connectivity index (χ4v) is 1.52. The molecule has 0 aromatic heterocycles. The Morgan fingerprint density at radius 1 is 1.25 bits per heavy atom. The number of aliphatic carboxylic acids is 1. The van der Waals surface area contributed by atoms with Gasteiger partial charge in [-0.1, -0.05) is 39.0 Å². The Kier molecular flexibility index (Phi) is 6.08. The number of hydrogen-bond acceptors (Lipinski definition) is 3. The van der Waals surface area contributed by atoms with Crippen LogP contribution in [0, 0.1) is 0 Å². The summed E-state index contributed by atoms with van der Waals surface area (Å²) in [6, 6.07) is 5.16. The molecule has 0 heterocycles. The molecular formula is C12H15NaO3. The van der Waals surface area contributed by atoms with E-state index in [1.54, 1.807) is 18.2 Å².